The summed E-state index contributed by atoms with van der Waals surface area (Å²) in [6.07, 6.45) is 5.13. The van der Waals surface area contributed by atoms with E-state index in [-0.39, 0.29) is 0 Å². The number of nitrogen functional groups attached to an aromatic ring is 1. The molecule has 0 radical (unpaired) electrons. The van der Waals surface area contributed by atoms with Crippen molar-refractivity contribution in [3.05, 3.63) is 24.5 Å². The van der Waals surface area contributed by atoms with E-state index in [1.54, 1.807) is 23.4 Å². The van der Waals surface area contributed by atoms with Gasteiger partial charge >= 0.3 is 0 Å². The van der Waals surface area contributed by atoms with Crippen LogP contribution in [0, 0.1) is 0 Å². The maximum atomic E-state index is 5.58. The number of aromatic nitrogens is 5. The van der Waals surface area contributed by atoms with Gasteiger partial charge in [0, 0.05) is 12.2 Å². The number of anilines is 1. The van der Waals surface area contributed by atoms with Gasteiger partial charge in [0.15, 0.2) is 5.82 Å². The topological polar surface area (TPSA) is 74.5 Å². The molecule has 0 spiro atoms. The van der Waals surface area contributed by atoms with Gasteiger partial charge in [-0.1, -0.05) is 0 Å². The van der Waals surface area contributed by atoms with Gasteiger partial charge in [-0.15, -0.1) is 10.2 Å². The first-order valence-corrected chi connectivity index (χ1v) is 4.83. The molecule has 80 valence electrons. The van der Waals surface area contributed by atoms with Gasteiger partial charge in [-0.3, -0.25) is 4.68 Å². The smallest absolute Gasteiger partial charge is 0.154 e. The molecular formula is C9H14N6. The van der Waals surface area contributed by atoms with Crippen molar-refractivity contribution >= 4 is 5.69 Å². The van der Waals surface area contributed by atoms with Crippen LogP contribution in [0.1, 0.15) is 25.7 Å². The standard InChI is InChI=1S/C9H14N6/c1-7(2)15-6-11-13-9(15)5-14-4-8(10)3-12-14/h3-4,6-7H,5,10H2,1-2H3. The van der Waals surface area contributed by atoms with Crippen LogP contribution in [0.25, 0.3) is 0 Å². The molecule has 0 saturated heterocycles. The molecule has 2 heterocycles. The molecule has 2 rings (SSSR count). The van der Waals surface area contributed by atoms with E-state index in [1.165, 1.54) is 0 Å². The second-order valence-corrected chi connectivity index (χ2v) is 3.72. The average molecular weight is 206 g/mol. The Kier molecular flexibility index (Phi) is 2.40. The van der Waals surface area contributed by atoms with Crippen molar-refractivity contribution in [3.8, 4) is 0 Å². The van der Waals surface area contributed by atoms with Crippen LogP contribution in [0.2, 0.25) is 0 Å². The maximum Gasteiger partial charge on any atom is 0.154 e. The molecule has 6 heteroatoms. The Hall–Kier alpha value is -1.85. The van der Waals surface area contributed by atoms with Gasteiger partial charge < -0.3 is 10.3 Å². The monoisotopic (exact) mass is 206 g/mol. The highest BCUT2D eigenvalue weighted by Crippen LogP contribution is 2.08. The summed E-state index contributed by atoms with van der Waals surface area (Å²) < 4.78 is 3.76. The second kappa shape index (κ2) is 3.72. The van der Waals surface area contributed by atoms with Crippen LogP contribution in [0.15, 0.2) is 18.7 Å². The van der Waals surface area contributed by atoms with Gasteiger partial charge in [-0.25, -0.2) is 0 Å². The van der Waals surface area contributed by atoms with Crippen molar-refractivity contribution in [2.75, 3.05) is 5.73 Å². The summed E-state index contributed by atoms with van der Waals surface area (Å²) in [6, 6.07) is 0.350. The zero-order valence-electron chi connectivity index (χ0n) is 8.83. The summed E-state index contributed by atoms with van der Waals surface area (Å²) in [5, 5.41) is 12.0. The Morgan fingerprint density at radius 2 is 2.27 bits per heavy atom. The first-order chi connectivity index (χ1) is 7.16. The average Bonchev–Trinajstić information content (AvgIpc) is 2.75. The van der Waals surface area contributed by atoms with E-state index < -0.39 is 0 Å². The van der Waals surface area contributed by atoms with Gasteiger partial charge in [0.2, 0.25) is 0 Å². The summed E-state index contributed by atoms with van der Waals surface area (Å²) >= 11 is 0. The van der Waals surface area contributed by atoms with Gasteiger partial charge in [-0.2, -0.15) is 5.10 Å². The van der Waals surface area contributed by atoms with Crippen molar-refractivity contribution in [2.24, 2.45) is 0 Å². The van der Waals surface area contributed by atoms with Crippen LogP contribution in [-0.4, -0.2) is 24.5 Å². The normalized spacial score (nSPS) is 11.1. The molecule has 0 aliphatic carbocycles. The lowest BCUT2D eigenvalue weighted by Gasteiger charge is -2.09. The minimum atomic E-state index is 0.350. The van der Waals surface area contributed by atoms with Crippen molar-refractivity contribution in [3.63, 3.8) is 0 Å². The summed E-state index contributed by atoms with van der Waals surface area (Å²) in [6.45, 7) is 4.77. The fourth-order valence-electron chi connectivity index (χ4n) is 1.42. The van der Waals surface area contributed by atoms with Gasteiger partial charge in [-0.05, 0) is 13.8 Å². The molecule has 0 aromatic carbocycles. The first-order valence-electron chi connectivity index (χ1n) is 4.83. The van der Waals surface area contributed by atoms with E-state index >= 15 is 0 Å². The Labute approximate surface area is 87.7 Å². The molecule has 15 heavy (non-hydrogen) atoms. The van der Waals surface area contributed by atoms with Crippen molar-refractivity contribution < 1.29 is 0 Å². The third kappa shape index (κ3) is 1.98. The number of rotatable bonds is 3. The van der Waals surface area contributed by atoms with Crippen LogP contribution in [0.5, 0.6) is 0 Å². The van der Waals surface area contributed by atoms with E-state index in [2.05, 4.69) is 29.1 Å². The highest BCUT2D eigenvalue weighted by atomic mass is 15.3. The zero-order chi connectivity index (χ0) is 10.8. The lowest BCUT2D eigenvalue weighted by atomic mass is 10.4. The summed E-state index contributed by atoms with van der Waals surface area (Å²) in [4.78, 5) is 0. The van der Waals surface area contributed by atoms with E-state index in [9.17, 15) is 0 Å². The van der Waals surface area contributed by atoms with Gasteiger partial charge in [0.05, 0.1) is 11.9 Å². The third-order valence-electron chi connectivity index (χ3n) is 2.16. The third-order valence-corrected chi connectivity index (χ3v) is 2.16. The van der Waals surface area contributed by atoms with Crippen LogP contribution in [0.3, 0.4) is 0 Å². The molecule has 0 unspecified atom stereocenters. The number of nitrogens with two attached hydrogens (primary N) is 1. The second-order valence-electron chi connectivity index (χ2n) is 3.72. The highest BCUT2D eigenvalue weighted by Gasteiger charge is 2.08. The molecule has 2 aromatic heterocycles. The summed E-state index contributed by atoms with van der Waals surface area (Å²) in [5.74, 6) is 0.883. The quantitative estimate of drug-likeness (QED) is 0.801. The van der Waals surface area contributed by atoms with Gasteiger partial charge in [0.1, 0.15) is 12.9 Å². The van der Waals surface area contributed by atoms with E-state index in [4.69, 9.17) is 5.73 Å². The predicted octanol–water partition coefficient (Wildman–Crippen LogP) is 0.686. The van der Waals surface area contributed by atoms with Crippen molar-refractivity contribution in [1.29, 1.82) is 0 Å². The molecule has 0 bridgehead atoms. The molecule has 0 amide bonds. The number of nitrogens with zero attached hydrogens (tertiary/aromatic N) is 5. The molecule has 0 aliphatic heterocycles. The van der Waals surface area contributed by atoms with E-state index in [0.29, 0.717) is 18.3 Å². The minimum absolute atomic E-state index is 0.350. The minimum Gasteiger partial charge on any atom is -0.396 e. The Balaban J connectivity index is 2.20. The summed E-state index contributed by atoms with van der Waals surface area (Å²) in [5.41, 5.74) is 6.24. The Morgan fingerprint density at radius 1 is 1.47 bits per heavy atom. The maximum absolute atomic E-state index is 5.58. The molecule has 0 aliphatic rings. The van der Waals surface area contributed by atoms with Crippen LogP contribution in [0.4, 0.5) is 5.69 Å². The summed E-state index contributed by atoms with van der Waals surface area (Å²) in [7, 11) is 0. The first kappa shape index (κ1) is 9.70. The van der Waals surface area contributed by atoms with Crippen LogP contribution < -0.4 is 5.73 Å². The number of hydrogen-bond acceptors (Lipinski definition) is 4. The molecule has 6 nitrogen and oxygen atoms in total. The van der Waals surface area contributed by atoms with Gasteiger partial charge in [0.25, 0.3) is 0 Å². The van der Waals surface area contributed by atoms with Crippen LogP contribution in [-0.2, 0) is 6.54 Å². The molecule has 0 atom stereocenters. The van der Waals surface area contributed by atoms with E-state index in [0.717, 1.165) is 5.82 Å². The lowest BCUT2D eigenvalue weighted by molar-refractivity contribution is 0.538. The van der Waals surface area contributed by atoms with Crippen molar-refractivity contribution in [2.45, 2.75) is 26.4 Å². The fraction of sp³-hybridized carbons (Fsp3) is 0.444. The largest absolute Gasteiger partial charge is 0.396 e. The molecule has 0 saturated carbocycles. The zero-order valence-corrected chi connectivity index (χ0v) is 8.83. The molecule has 0 fully saturated rings. The lowest BCUT2D eigenvalue weighted by Crippen LogP contribution is -2.10. The van der Waals surface area contributed by atoms with Crippen molar-refractivity contribution in [1.82, 2.24) is 24.5 Å². The highest BCUT2D eigenvalue weighted by molar-refractivity contribution is 5.30. The SMILES string of the molecule is CC(C)n1cnnc1Cn1cc(N)cn1. The van der Waals surface area contributed by atoms with E-state index in [1.807, 2.05) is 4.57 Å². The van der Waals surface area contributed by atoms with Crippen LogP contribution >= 0.6 is 0 Å². The molecular weight excluding hydrogens is 192 g/mol. The Bertz CT molecular complexity index is 441. The molecule has 2 N–H and O–H groups in total. The number of hydrogen-bond donors (Lipinski definition) is 1. The fourth-order valence-corrected chi connectivity index (χ4v) is 1.42. The predicted molar refractivity (Wildman–Crippen MR) is 56.1 cm³/mol. The Morgan fingerprint density at radius 3 is 2.87 bits per heavy atom. The molecule has 2 aromatic rings.